The second kappa shape index (κ2) is 22.7. The summed E-state index contributed by atoms with van der Waals surface area (Å²) in [6.45, 7) is 0. The van der Waals surface area contributed by atoms with E-state index in [1.54, 1.807) is 0 Å². The average Bonchev–Trinajstić information content (AvgIpc) is 3.71. The van der Waals surface area contributed by atoms with Gasteiger partial charge in [-0.3, -0.25) is 15.0 Å². The van der Waals surface area contributed by atoms with Crippen LogP contribution in [0, 0.1) is 0 Å². The van der Waals surface area contributed by atoms with Gasteiger partial charge >= 0.3 is 0 Å². The number of hydrogen-bond acceptors (Lipinski definition) is 6. The minimum Gasteiger partial charge on any atom is -0.254 e. The van der Waals surface area contributed by atoms with Gasteiger partial charge in [0, 0.05) is 104 Å². The molecule has 0 radical (unpaired) electrons. The fourth-order valence-electron chi connectivity index (χ4n) is 10.3. The Labute approximate surface area is 470 Å². The zero-order valence-corrected chi connectivity index (χ0v) is 45.3. The molecule has 0 bridgehead atoms. The van der Waals surface area contributed by atoms with E-state index in [2.05, 4.69) is 233 Å². The van der Waals surface area contributed by atoms with Crippen LogP contribution in [0.2, 0.25) is 0 Å². The fourth-order valence-corrected chi connectivity index (χ4v) is 10.3. The van der Waals surface area contributed by atoms with Gasteiger partial charge in [0.2, 0.25) is 0 Å². The summed E-state index contributed by atoms with van der Waals surface area (Å²) in [6, 6.07) is 93.9. The largest absolute Gasteiger partial charge is 0.254 e. The molecule has 0 fully saturated rings. The molecule has 0 atom stereocenters. The molecule has 6 heterocycles. The van der Waals surface area contributed by atoms with Crippen LogP contribution in [0.25, 0.3) is 133 Å². The van der Waals surface area contributed by atoms with E-state index in [0.29, 0.717) is 0 Å². The van der Waals surface area contributed by atoms with Crippen LogP contribution in [-0.4, -0.2) is 29.9 Å². The first-order chi connectivity index (χ1) is 38.7. The molecule has 0 saturated heterocycles. The third-order valence-corrected chi connectivity index (χ3v) is 14.1. The molecule has 15 rings (SSSR count). The predicted molar refractivity (Wildman–Crippen MR) is 324 cm³/mol. The quantitative estimate of drug-likeness (QED) is 0.154. The van der Waals surface area contributed by atoms with Crippen molar-refractivity contribution in [3.05, 3.63) is 292 Å². The maximum absolute atomic E-state index is 5.09. The minimum atomic E-state index is 0. The van der Waals surface area contributed by atoms with Gasteiger partial charge < -0.3 is 0 Å². The molecule has 79 heavy (non-hydrogen) atoms. The van der Waals surface area contributed by atoms with Crippen molar-refractivity contribution >= 4 is 65.4 Å². The first-order valence-electron chi connectivity index (χ1n) is 26.1. The normalized spacial score (nSPS) is 10.9. The van der Waals surface area contributed by atoms with Crippen molar-refractivity contribution in [3.63, 3.8) is 0 Å². The molecular formula is C72H48N6Os. The van der Waals surface area contributed by atoms with Crippen molar-refractivity contribution in [2.24, 2.45) is 0 Å². The van der Waals surface area contributed by atoms with E-state index in [1.165, 1.54) is 16.7 Å². The molecule has 0 saturated carbocycles. The minimum absolute atomic E-state index is 0. The molecule has 9 aromatic carbocycles. The molecule has 0 amide bonds. The van der Waals surface area contributed by atoms with Crippen LogP contribution in [0.15, 0.2) is 292 Å². The van der Waals surface area contributed by atoms with E-state index < -0.39 is 0 Å². The van der Waals surface area contributed by atoms with Gasteiger partial charge in [0.1, 0.15) is 0 Å². The summed E-state index contributed by atoms with van der Waals surface area (Å²) in [5.74, 6) is 0. The summed E-state index contributed by atoms with van der Waals surface area (Å²) >= 11 is 0. The maximum atomic E-state index is 5.09. The van der Waals surface area contributed by atoms with Gasteiger partial charge in [0.15, 0.2) is 0 Å². The number of aromatic nitrogens is 6. The fraction of sp³-hybridized carbons (Fsp3) is 0. The summed E-state index contributed by atoms with van der Waals surface area (Å²) < 4.78 is 0. The van der Waals surface area contributed by atoms with Gasteiger partial charge in [0.25, 0.3) is 0 Å². The Morgan fingerprint density at radius 1 is 0.190 bits per heavy atom. The molecule has 0 N–H and O–H groups in total. The van der Waals surface area contributed by atoms with Crippen molar-refractivity contribution in [2.75, 3.05) is 0 Å². The average molecular weight is 1190 g/mol. The molecule has 6 aromatic heterocycles. The third-order valence-electron chi connectivity index (χ3n) is 14.1. The molecule has 6 nitrogen and oxygen atoms in total. The van der Waals surface area contributed by atoms with Crippen LogP contribution in [0.4, 0.5) is 0 Å². The summed E-state index contributed by atoms with van der Waals surface area (Å²) in [6.07, 6.45) is 5.49. The monoisotopic (exact) mass is 1190 g/mol. The summed E-state index contributed by atoms with van der Waals surface area (Å²) in [5, 5.41) is 6.65. The van der Waals surface area contributed by atoms with E-state index >= 15 is 0 Å². The van der Waals surface area contributed by atoms with E-state index in [-0.39, 0.29) is 19.8 Å². The molecule has 0 unspecified atom stereocenters. The molecule has 0 aliphatic heterocycles. The standard InChI is InChI=1S/3C24H16N2.Os/c3*1-3-8-17(9-4-1)21-16-20-14-13-19-12-7-15-25-23(19)24(20)26-22(21)18-10-5-2-6-11-18;/h3*1-16H;. The van der Waals surface area contributed by atoms with E-state index in [0.717, 1.165) is 116 Å². The second-order valence-corrected chi connectivity index (χ2v) is 19.0. The van der Waals surface area contributed by atoms with Gasteiger partial charge in [-0.05, 0) is 53.1 Å². The van der Waals surface area contributed by atoms with Crippen LogP contribution in [0.3, 0.4) is 0 Å². The zero-order valence-electron chi connectivity index (χ0n) is 42.7. The number of pyridine rings is 6. The molecule has 374 valence electrons. The second-order valence-electron chi connectivity index (χ2n) is 19.0. The maximum Gasteiger partial charge on any atom is 0.0972 e. The SMILES string of the molecule is [Os].c1ccc(-c2cc3ccc4cccnc4c3nc2-c2ccccc2)cc1.c1ccc(-c2cc3ccc4cccnc4c3nc2-c2ccccc2)cc1.c1ccc(-c2cc3ccc4cccnc4c3nc2-c2ccccc2)cc1. The number of nitrogens with zero attached hydrogens (tertiary/aromatic N) is 6. The smallest absolute Gasteiger partial charge is 0.0972 e. The van der Waals surface area contributed by atoms with E-state index in [1.807, 2.05) is 73.2 Å². The Morgan fingerprint density at radius 3 is 0.671 bits per heavy atom. The van der Waals surface area contributed by atoms with Gasteiger partial charge in [0.05, 0.1) is 50.2 Å². The van der Waals surface area contributed by atoms with Crippen LogP contribution in [0.1, 0.15) is 0 Å². The summed E-state index contributed by atoms with van der Waals surface area (Å²) in [4.78, 5) is 29.0. The number of rotatable bonds is 6. The molecule has 0 spiro atoms. The number of fused-ring (bicyclic) bond motifs is 9. The Kier molecular flexibility index (Phi) is 14.4. The van der Waals surface area contributed by atoms with Crippen LogP contribution in [-0.2, 0) is 19.8 Å². The van der Waals surface area contributed by atoms with Crippen molar-refractivity contribution in [1.29, 1.82) is 0 Å². The van der Waals surface area contributed by atoms with E-state index in [9.17, 15) is 0 Å². The van der Waals surface area contributed by atoms with Crippen LogP contribution >= 0.6 is 0 Å². The summed E-state index contributed by atoms with van der Waals surface area (Å²) in [5.41, 5.74) is 18.9. The van der Waals surface area contributed by atoms with Gasteiger partial charge in [-0.1, -0.05) is 237 Å². The van der Waals surface area contributed by atoms with Gasteiger partial charge in [-0.15, -0.1) is 0 Å². The van der Waals surface area contributed by atoms with Crippen LogP contribution in [0.5, 0.6) is 0 Å². The van der Waals surface area contributed by atoms with Crippen molar-refractivity contribution in [1.82, 2.24) is 29.9 Å². The Balaban J connectivity index is 0.000000118. The topological polar surface area (TPSA) is 77.3 Å². The van der Waals surface area contributed by atoms with Crippen molar-refractivity contribution in [3.8, 4) is 67.2 Å². The van der Waals surface area contributed by atoms with E-state index in [4.69, 9.17) is 15.0 Å². The molecular weight excluding hydrogens is 1140 g/mol. The molecule has 7 heteroatoms. The van der Waals surface area contributed by atoms with Crippen molar-refractivity contribution in [2.45, 2.75) is 0 Å². The number of benzene rings is 9. The van der Waals surface area contributed by atoms with Gasteiger partial charge in [-0.25, -0.2) is 15.0 Å². The third kappa shape index (κ3) is 10.3. The number of hydrogen-bond donors (Lipinski definition) is 0. The Bertz CT molecular complexity index is 4120. The van der Waals surface area contributed by atoms with Crippen molar-refractivity contribution < 1.29 is 19.8 Å². The Hall–Kier alpha value is -9.92. The first kappa shape index (κ1) is 49.9. The Morgan fingerprint density at radius 2 is 0.418 bits per heavy atom. The molecule has 15 aromatic rings. The van der Waals surface area contributed by atoms with Gasteiger partial charge in [-0.2, -0.15) is 0 Å². The zero-order chi connectivity index (χ0) is 52.0. The summed E-state index contributed by atoms with van der Waals surface area (Å²) in [7, 11) is 0. The predicted octanol–water partition coefficient (Wildman–Crippen LogP) is 18.3. The first-order valence-corrected chi connectivity index (χ1v) is 26.1. The van der Waals surface area contributed by atoms with Crippen LogP contribution < -0.4 is 0 Å². The molecule has 0 aliphatic rings. The molecule has 0 aliphatic carbocycles.